The van der Waals surface area contributed by atoms with Crippen molar-refractivity contribution >= 4 is 23.3 Å². The number of morpholine rings is 1. The zero-order valence-electron chi connectivity index (χ0n) is 17.6. The van der Waals surface area contributed by atoms with Crippen LogP contribution in [0, 0.1) is 13.8 Å². The zero-order valence-corrected chi connectivity index (χ0v) is 17.6. The van der Waals surface area contributed by atoms with E-state index >= 15 is 0 Å². The normalized spacial score (nSPS) is 19.2. The van der Waals surface area contributed by atoms with Crippen LogP contribution in [0.3, 0.4) is 0 Å². The molecule has 2 aromatic carbocycles. The Morgan fingerprint density at radius 2 is 1.80 bits per heavy atom. The Hall–Kier alpha value is -3.26. The van der Waals surface area contributed by atoms with Gasteiger partial charge in [-0.25, -0.2) is 4.99 Å². The molecule has 0 saturated carbocycles. The second-order valence-electron chi connectivity index (χ2n) is 7.43. The van der Waals surface area contributed by atoms with Crippen LogP contribution in [-0.4, -0.2) is 56.5 Å². The molecule has 2 heterocycles. The lowest BCUT2D eigenvalue weighted by molar-refractivity contribution is 0.0671. The Morgan fingerprint density at radius 1 is 1.10 bits per heavy atom. The molecule has 0 amide bonds. The van der Waals surface area contributed by atoms with Gasteiger partial charge >= 0.3 is 0 Å². The number of rotatable bonds is 4. The third-order valence-corrected chi connectivity index (χ3v) is 5.09. The molecule has 1 atom stereocenters. The third-order valence-electron chi connectivity index (χ3n) is 5.09. The van der Waals surface area contributed by atoms with Crippen molar-refractivity contribution in [1.82, 2.24) is 4.90 Å². The molecular weight excluding hydrogens is 380 g/mol. The number of nitrogens with one attached hydrogen (secondary N) is 1. The second kappa shape index (κ2) is 8.62. The van der Waals surface area contributed by atoms with Crippen molar-refractivity contribution in [3.8, 4) is 5.75 Å². The lowest BCUT2D eigenvalue weighted by Crippen LogP contribution is -2.57. The Morgan fingerprint density at radius 3 is 2.50 bits per heavy atom. The standard InChI is InChI=1S/C22H28N6O2/c1-15-12-16(2)14-17(13-15)24-21-25-20(23)26-22(27-8-10-30-11-9-27)28(21)18-6-4-5-7-19(18)29-3/h4-7,12-14,21,24H,8-11H2,1-3H3,(H2,23,25). The number of nitrogens with zero attached hydrogens (tertiary/aromatic N) is 4. The predicted molar refractivity (Wildman–Crippen MR) is 120 cm³/mol. The van der Waals surface area contributed by atoms with Crippen LogP contribution in [0.2, 0.25) is 0 Å². The number of ether oxygens (including phenoxy) is 2. The molecule has 30 heavy (non-hydrogen) atoms. The van der Waals surface area contributed by atoms with Crippen LogP contribution in [0.5, 0.6) is 5.75 Å². The maximum atomic E-state index is 6.15. The number of hydrogen-bond acceptors (Lipinski definition) is 8. The van der Waals surface area contributed by atoms with Crippen LogP contribution in [0.15, 0.2) is 52.4 Å². The number of nitrogens with two attached hydrogens (primary N) is 1. The number of aryl methyl sites for hydroxylation is 2. The molecule has 8 nitrogen and oxygen atoms in total. The van der Waals surface area contributed by atoms with E-state index in [-0.39, 0.29) is 5.96 Å². The number of methoxy groups -OCH3 is 1. The van der Waals surface area contributed by atoms with Crippen LogP contribution >= 0.6 is 0 Å². The highest BCUT2D eigenvalue weighted by molar-refractivity contribution is 6.06. The van der Waals surface area contributed by atoms with Gasteiger partial charge in [-0.05, 0) is 49.2 Å². The number of aliphatic imine (C=N–C) groups is 2. The monoisotopic (exact) mass is 408 g/mol. The summed E-state index contributed by atoms with van der Waals surface area (Å²) in [6.07, 6.45) is -0.474. The number of guanidine groups is 2. The molecule has 1 saturated heterocycles. The summed E-state index contributed by atoms with van der Waals surface area (Å²) in [5, 5.41) is 3.53. The van der Waals surface area contributed by atoms with Gasteiger partial charge in [-0.2, -0.15) is 4.99 Å². The van der Waals surface area contributed by atoms with E-state index in [1.54, 1.807) is 7.11 Å². The number of hydrogen-bond donors (Lipinski definition) is 2. The summed E-state index contributed by atoms with van der Waals surface area (Å²) in [4.78, 5) is 13.4. The highest BCUT2D eigenvalue weighted by atomic mass is 16.5. The SMILES string of the molecule is COc1ccccc1N1C(N2CCOCC2)=NC(N)=NC1Nc1cc(C)cc(C)c1. The van der Waals surface area contributed by atoms with Gasteiger partial charge in [0.15, 0.2) is 0 Å². The number of anilines is 2. The van der Waals surface area contributed by atoms with E-state index in [1.807, 2.05) is 29.2 Å². The molecule has 4 rings (SSSR count). The van der Waals surface area contributed by atoms with Gasteiger partial charge in [0.2, 0.25) is 18.2 Å². The Bertz CT molecular complexity index is 948. The fraction of sp³-hybridized carbons (Fsp3) is 0.364. The van der Waals surface area contributed by atoms with Gasteiger partial charge in [0.25, 0.3) is 0 Å². The molecule has 1 unspecified atom stereocenters. The first-order chi connectivity index (χ1) is 14.5. The van der Waals surface area contributed by atoms with E-state index in [2.05, 4.69) is 52.2 Å². The first-order valence-corrected chi connectivity index (χ1v) is 10.1. The van der Waals surface area contributed by atoms with Crippen LogP contribution in [-0.2, 0) is 4.74 Å². The topological polar surface area (TPSA) is 87.7 Å². The van der Waals surface area contributed by atoms with E-state index in [0.29, 0.717) is 13.2 Å². The quantitative estimate of drug-likeness (QED) is 0.808. The minimum atomic E-state index is -0.474. The van der Waals surface area contributed by atoms with E-state index in [1.165, 1.54) is 11.1 Å². The smallest absolute Gasteiger partial charge is 0.222 e. The van der Waals surface area contributed by atoms with Crippen molar-refractivity contribution in [1.29, 1.82) is 0 Å². The summed E-state index contributed by atoms with van der Waals surface area (Å²) < 4.78 is 11.2. The molecule has 2 aliphatic rings. The third kappa shape index (κ3) is 4.18. The predicted octanol–water partition coefficient (Wildman–Crippen LogP) is 2.53. The molecule has 3 N–H and O–H groups in total. The molecule has 0 spiro atoms. The summed E-state index contributed by atoms with van der Waals surface area (Å²) in [6.45, 7) is 6.91. The highest BCUT2D eigenvalue weighted by Gasteiger charge is 2.33. The molecule has 8 heteroatoms. The molecule has 1 fully saturated rings. The Labute approximate surface area is 177 Å². The largest absolute Gasteiger partial charge is 0.495 e. The Kier molecular flexibility index (Phi) is 5.76. The van der Waals surface area contributed by atoms with Crippen molar-refractivity contribution < 1.29 is 9.47 Å². The van der Waals surface area contributed by atoms with Crippen molar-refractivity contribution in [3.05, 3.63) is 53.6 Å². The minimum Gasteiger partial charge on any atom is -0.495 e. The van der Waals surface area contributed by atoms with E-state index in [9.17, 15) is 0 Å². The molecular formula is C22H28N6O2. The average molecular weight is 409 g/mol. The Balaban J connectivity index is 1.77. The van der Waals surface area contributed by atoms with Gasteiger partial charge in [-0.1, -0.05) is 18.2 Å². The van der Waals surface area contributed by atoms with Gasteiger partial charge < -0.3 is 25.4 Å². The van der Waals surface area contributed by atoms with E-state index in [0.717, 1.165) is 36.2 Å². The lowest BCUT2D eigenvalue weighted by Gasteiger charge is -2.41. The van der Waals surface area contributed by atoms with Crippen LogP contribution in [0.1, 0.15) is 11.1 Å². The molecule has 158 valence electrons. The maximum absolute atomic E-state index is 6.15. The highest BCUT2D eigenvalue weighted by Crippen LogP contribution is 2.32. The fourth-order valence-corrected chi connectivity index (χ4v) is 3.84. The van der Waals surface area contributed by atoms with Crippen molar-refractivity contribution in [2.75, 3.05) is 43.6 Å². The summed E-state index contributed by atoms with van der Waals surface area (Å²) in [6, 6.07) is 14.2. The van der Waals surface area contributed by atoms with Crippen molar-refractivity contribution in [3.63, 3.8) is 0 Å². The van der Waals surface area contributed by atoms with Crippen molar-refractivity contribution in [2.24, 2.45) is 15.7 Å². The minimum absolute atomic E-state index is 0.240. The van der Waals surface area contributed by atoms with Gasteiger partial charge in [0.1, 0.15) is 5.75 Å². The summed E-state index contributed by atoms with van der Waals surface area (Å²) in [7, 11) is 1.66. The van der Waals surface area contributed by atoms with E-state index < -0.39 is 6.29 Å². The first-order valence-electron chi connectivity index (χ1n) is 10.1. The zero-order chi connectivity index (χ0) is 21.1. The molecule has 0 aromatic heterocycles. The molecule has 2 aliphatic heterocycles. The van der Waals surface area contributed by atoms with Crippen LogP contribution < -0.4 is 20.7 Å². The van der Waals surface area contributed by atoms with Gasteiger partial charge in [-0.15, -0.1) is 0 Å². The van der Waals surface area contributed by atoms with Crippen LogP contribution in [0.4, 0.5) is 11.4 Å². The first kappa shape index (κ1) is 20.0. The number of para-hydroxylation sites is 2. The van der Waals surface area contributed by atoms with E-state index in [4.69, 9.17) is 15.2 Å². The number of benzene rings is 2. The molecule has 0 aliphatic carbocycles. The maximum Gasteiger partial charge on any atom is 0.222 e. The van der Waals surface area contributed by atoms with Gasteiger partial charge in [0, 0.05) is 18.8 Å². The summed E-state index contributed by atoms with van der Waals surface area (Å²) in [5.74, 6) is 1.71. The van der Waals surface area contributed by atoms with Gasteiger partial charge in [0.05, 0.1) is 26.0 Å². The summed E-state index contributed by atoms with van der Waals surface area (Å²) in [5.41, 5.74) is 10.3. The average Bonchev–Trinajstić information content (AvgIpc) is 2.73. The second-order valence-corrected chi connectivity index (χ2v) is 7.43. The fourth-order valence-electron chi connectivity index (χ4n) is 3.84. The van der Waals surface area contributed by atoms with Gasteiger partial charge in [-0.3, -0.25) is 4.90 Å². The lowest BCUT2D eigenvalue weighted by atomic mass is 10.1. The van der Waals surface area contributed by atoms with Crippen molar-refractivity contribution in [2.45, 2.75) is 20.1 Å². The summed E-state index contributed by atoms with van der Waals surface area (Å²) >= 11 is 0. The molecule has 2 aromatic rings. The van der Waals surface area contributed by atoms with Crippen LogP contribution in [0.25, 0.3) is 0 Å². The molecule has 0 radical (unpaired) electrons. The molecule has 0 bridgehead atoms.